The van der Waals surface area contributed by atoms with Crippen molar-refractivity contribution in [2.45, 2.75) is 19.4 Å². The fraction of sp³-hybridized carbons (Fsp3) is 0.273. The number of hydrogen-bond donors (Lipinski definition) is 0. The topological polar surface area (TPSA) is 53.4 Å². The summed E-state index contributed by atoms with van der Waals surface area (Å²) in [4.78, 5) is 12.6. The largest absolute Gasteiger partial charge is 0.497 e. The van der Waals surface area contributed by atoms with Crippen molar-refractivity contribution in [1.29, 1.82) is 0 Å². The molecule has 0 radical (unpaired) electrons. The molecule has 6 heteroatoms. The number of methoxy groups -OCH3 is 2. The maximum atomic E-state index is 14.3. The van der Waals surface area contributed by atoms with Gasteiger partial charge in [0, 0.05) is 23.7 Å². The van der Waals surface area contributed by atoms with E-state index in [9.17, 15) is 9.18 Å². The highest BCUT2D eigenvalue weighted by atomic mass is 19.1. The molecule has 1 saturated carbocycles. The van der Waals surface area contributed by atoms with E-state index in [2.05, 4.69) is 5.10 Å². The Morgan fingerprint density at radius 1 is 1.04 bits per heavy atom. The second kappa shape index (κ2) is 7.46. The normalized spacial score (nSPS) is 13.4. The average molecular weight is 380 g/mol. The number of rotatable bonds is 6. The van der Waals surface area contributed by atoms with Crippen LogP contribution in [0.1, 0.15) is 12.8 Å². The van der Waals surface area contributed by atoms with Crippen LogP contribution in [0.2, 0.25) is 0 Å². The van der Waals surface area contributed by atoms with Crippen molar-refractivity contribution < 1.29 is 13.9 Å². The molecule has 1 aliphatic rings. The first-order chi connectivity index (χ1) is 13.6. The van der Waals surface area contributed by atoms with Crippen LogP contribution in [0.5, 0.6) is 11.5 Å². The molecule has 0 spiro atoms. The molecule has 4 rings (SSSR count). The van der Waals surface area contributed by atoms with Crippen LogP contribution in [-0.2, 0) is 6.54 Å². The number of ether oxygens (including phenoxy) is 2. The van der Waals surface area contributed by atoms with Crippen molar-refractivity contribution in [3.63, 3.8) is 0 Å². The first kappa shape index (κ1) is 18.2. The highest BCUT2D eigenvalue weighted by molar-refractivity contribution is 5.80. The third-order valence-electron chi connectivity index (χ3n) is 4.95. The van der Waals surface area contributed by atoms with Gasteiger partial charge in [0.15, 0.2) is 11.6 Å². The Hall–Kier alpha value is -3.15. The molecule has 2 aromatic carbocycles. The Bertz CT molecular complexity index is 1060. The molecule has 144 valence electrons. The van der Waals surface area contributed by atoms with Crippen molar-refractivity contribution in [2.75, 3.05) is 14.2 Å². The van der Waals surface area contributed by atoms with Crippen LogP contribution in [0, 0.1) is 11.7 Å². The molecular weight excluding hydrogens is 359 g/mol. The molecule has 0 N–H and O–H groups in total. The van der Waals surface area contributed by atoms with Gasteiger partial charge in [-0.3, -0.25) is 4.79 Å². The van der Waals surface area contributed by atoms with Gasteiger partial charge in [-0.05, 0) is 54.7 Å². The Balaban J connectivity index is 1.86. The number of nitrogens with zero attached hydrogens (tertiary/aromatic N) is 2. The summed E-state index contributed by atoms with van der Waals surface area (Å²) < 4.78 is 26.0. The lowest BCUT2D eigenvalue weighted by Gasteiger charge is -2.13. The molecule has 0 aliphatic heterocycles. The van der Waals surface area contributed by atoms with Crippen LogP contribution in [0.4, 0.5) is 4.39 Å². The van der Waals surface area contributed by atoms with Crippen molar-refractivity contribution in [3.8, 4) is 33.9 Å². The first-order valence-electron chi connectivity index (χ1n) is 9.19. The quantitative estimate of drug-likeness (QED) is 0.645. The van der Waals surface area contributed by atoms with Crippen LogP contribution in [0.25, 0.3) is 22.4 Å². The summed E-state index contributed by atoms with van der Waals surface area (Å²) in [5, 5.41) is 4.60. The van der Waals surface area contributed by atoms with Crippen molar-refractivity contribution in [3.05, 3.63) is 64.7 Å². The Morgan fingerprint density at radius 3 is 2.36 bits per heavy atom. The average Bonchev–Trinajstić information content (AvgIpc) is 3.53. The Morgan fingerprint density at radius 2 is 1.75 bits per heavy atom. The van der Waals surface area contributed by atoms with E-state index in [0.29, 0.717) is 29.3 Å². The standard InChI is InChI=1S/C22H21FN2O3/c1-27-17-8-5-15(6-9-17)18-12-21(26)25(13-14-3-4-14)24-22(18)16-7-10-20(28-2)19(23)11-16/h5-12,14H,3-4,13H2,1-2H3. The predicted molar refractivity (Wildman–Crippen MR) is 105 cm³/mol. The van der Waals surface area contributed by atoms with E-state index in [1.165, 1.54) is 17.9 Å². The zero-order valence-electron chi connectivity index (χ0n) is 15.8. The zero-order valence-corrected chi connectivity index (χ0v) is 15.8. The van der Waals surface area contributed by atoms with E-state index < -0.39 is 5.82 Å². The summed E-state index contributed by atoms with van der Waals surface area (Å²) in [5.41, 5.74) is 2.47. The Labute approximate surface area is 162 Å². The minimum Gasteiger partial charge on any atom is -0.497 e. The fourth-order valence-electron chi connectivity index (χ4n) is 3.18. The fourth-order valence-corrected chi connectivity index (χ4v) is 3.18. The van der Waals surface area contributed by atoms with Gasteiger partial charge in [-0.15, -0.1) is 0 Å². The molecule has 1 aliphatic carbocycles. The molecule has 1 heterocycles. The summed E-state index contributed by atoms with van der Waals surface area (Å²) in [6, 6.07) is 13.7. The second-order valence-electron chi connectivity index (χ2n) is 6.95. The van der Waals surface area contributed by atoms with Gasteiger partial charge in [0.1, 0.15) is 5.75 Å². The lowest BCUT2D eigenvalue weighted by molar-refractivity contribution is 0.386. The van der Waals surface area contributed by atoms with Gasteiger partial charge >= 0.3 is 0 Å². The van der Waals surface area contributed by atoms with E-state index in [1.54, 1.807) is 25.3 Å². The first-order valence-corrected chi connectivity index (χ1v) is 9.19. The van der Waals surface area contributed by atoms with Gasteiger partial charge in [-0.1, -0.05) is 12.1 Å². The summed E-state index contributed by atoms with van der Waals surface area (Å²) >= 11 is 0. The van der Waals surface area contributed by atoms with Gasteiger partial charge in [-0.25, -0.2) is 9.07 Å². The van der Waals surface area contributed by atoms with Crippen LogP contribution < -0.4 is 15.0 Å². The van der Waals surface area contributed by atoms with Gasteiger partial charge in [-0.2, -0.15) is 5.10 Å². The summed E-state index contributed by atoms with van der Waals surface area (Å²) in [7, 11) is 3.02. The van der Waals surface area contributed by atoms with E-state index in [4.69, 9.17) is 9.47 Å². The minimum atomic E-state index is -0.470. The second-order valence-corrected chi connectivity index (χ2v) is 6.95. The molecule has 1 aromatic heterocycles. The molecule has 0 amide bonds. The lowest BCUT2D eigenvalue weighted by Crippen LogP contribution is -2.24. The number of hydrogen-bond acceptors (Lipinski definition) is 4. The molecule has 5 nitrogen and oxygen atoms in total. The third-order valence-corrected chi connectivity index (χ3v) is 4.95. The maximum absolute atomic E-state index is 14.3. The smallest absolute Gasteiger partial charge is 0.267 e. The highest BCUT2D eigenvalue weighted by Crippen LogP contribution is 2.34. The SMILES string of the molecule is COc1ccc(-c2cc(=O)n(CC3CC3)nc2-c2ccc(OC)c(F)c2)cc1. The van der Waals surface area contributed by atoms with Crippen molar-refractivity contribution in [1.82, 2.24) is 9.78 Å². The van der Waals surface area contributed by atoms with Crippen LogP contribution >= 0.6 is 0 Å². The highest BCUT2D eigenvalue weighted by Gasteiger charge is 2.24. The van der Waals surface area contributed by atoms with E-state index >= 15 is 0 Å². The van der Waals surface area contributed by atoms with Crippen molar-refractivity contribution in [2.24, 2.45) is 5.92 Å². The number of benzene rings is 2. The Kier molecular flexibility index (Phi) is 4.86. The van der Waals surface area contributed by atoms with Gasteiger partial charge < -0.3 is 9.47 Å². The predicted octanol–water partition coefficient (Wildman–Crippen LogP) is 4.14. The lowest BCUT2D eigenvalue weighted by atomic mass is 9.99. The third kappa shape index (κ3) is 3.63. The van der Waals surface area contributed by atoms with E-state index in [1.807, 2.05) is 24.3 Å². The van der Waals surface area contributed by atoms with Gasteiger partial charge in [0.2, 0.25) is 0 Å². The minimum absolute atomic E-state index is 0.157. The van der Waals surface area contributed by atoms with Gasteiger partial charge in [0.25, 0.3) is 5.56 Å². The summed E-state index contributed by atoms with van der Waals surface area (Å²) in [6.07, 6.45) is 2.22. The monoisotopic (exact) mass is 380 g/mol. The molecule has 3 aromatic rings. The molecule has 0 unspecified atom stereocenters. The molecular formula is C22H21FN2O3. The number of aromatic nitrogens is 2. The van der Waals surface area contributed by atoms with Crippen molar-refractivity contribution >= 4 is 0 Å². The summed E-state index contributed by atoms with van der Waals surface area (Å²) in [5.74, 6) is 0.914. The van der Waals surface area contributed by atoms with Gasteiger partial charge in [0.05, 0.1) is 19.9 Å². The van der Waals surface area contributed by atoms with Crippen LogP contribution in [-0.4, -0.2) is 24.0 Å². The van der Waals surface area contributed by atoms with Crippen LogP contribution in [0.3, 0.4) is 0 Å². The summed E-state index contributed by atoms with van der Waals surface area (Å²) in [6.45, 7) is 0.591. The van der Waals surface area contributed by atoms with E-state index in [-0.39, 0.29) is 11.3 Å². The molecule has 0 atom stereocenters. The van der Waals surface area contributed by atoms with Crippen LogP contribution in [0.15, 0.2) is 53.3 Å². The molecule has 0 saturated heterocycles. The molecule has 1 fully saturated rings. The zero-order chi connectivity index (χ0) is 19.7. The maximum Gasteiger partial charge on any atom is 0.267 e. The molecule has 28 heavy (non-hydrogen) atoms. The van der Waals surface area contributed by atoms with E-state index in [0.717, 1.165) is 24.2 Å². The number of halogens is 1. The molecule has 0 bridgehead atoms.